The van der Waals surface area contributed by atoms with E-state index in [0.29, 0.717) is 6.54 Å². The summed E-state index contributed by atoms with van der Waals surface area (Å²) in [5.41, 5.74) is 6.56. The standard InChI is InChI=1S/C12H19NO2/c1-15-12-7-3-5-10(8-12)4-2-6-11(14)9-13/h3,5,7-8,11,14H,2,4,6,9,13H2,1H3. The maximum atomic E-state index is 9.29. The van der Waals surface area contributed by atoms with Gasteiger partial charge in [-0.3, -0.25) is 0 Å². The summed E-state index contributed by atoms with van der Waals surface area (Å²) in [6.07, 6.45) is 2.30. The molecule has 0 amide bonds. The molecule has 0 heterocycles. The van der Waals surface area contributed by atoms with Gasteiger partial charge in [-0.15, -0.1) is 0 Å². The van der Waals surface area contributed by atoms with E-state index in [2.05, 4.69) is 6.07 Å². The molecular formula is C12H19NO2. The smallest absolute Gasteiger partial charge is 0.119 e. The molecule has 0 saturated carbocycles. The van der Waals surface area contributed by atoms with Crippen LogP contribution in [-0.2, 0) is 6.42 Å². The highest BCUT2D eigenvalue weighted by Gasteiger charge is 2.01. The molecule has 1 aromatic rings. The van der Waals surface area contributed by atoms with Crippen molar-refractivity contribution in [3.8, 4) is 5.75 Å². The lowest BCUT2D eigenvalue weighted by molar-refractivity contribution is 0.170. The van der Waals surface area contributed by atoms with Crippen molar-refractivity contribution in [2.75, 3.05) is 13.7 Å². The molecule has 0 spiro atoms. The predicted octanol–water partition coefficient (Wildman–Crippen LogP) is 1.34. The normalized spacial score (nSPS) is 12.5. The monoisotopic (exact) mass is 209 g/mol. The molecule has 0 aliphatic heterocycles. The van der Waals surface area contributed by atoms with Crippen LogP contribution in [0.25, 0.3) is 0 Å². The Balaban J connectivity index is 2.37. The van der Waals surface area contributed by atoms with Crippen LogP contribution >= 0.6 is 0 Å². The zero-order valence-electron chi connectivity index (χ0n) is 9.15. The molecule has 1 unspecified atom stereocenters. The Morgan fingerprint density at radius 3 is 2.93 bits per heavy atom. The highest BCUT2D eigenvalue weighted by Crippen LogP contribution is 2.14. The van der Waals surface area contributed by atoms with Gasteiger partial charge in [-0.05, 0) is 37.0 Å². The molecule has 0 saturated heterocycles. The second-order valence-electron chi connectivity index (χ2n) is 3.63. The average molecular weight is 209 g/mol. The number of methoxy groups -OCH3 is 1. The van der Waals surface area contributed by atoms with Crippen molar-refractivity contribution in [3.63, 3.8) is 0 Å². The van der Waals surface area contributed by atoms with E-state index in [4.69, 9.17) is 10.5 Å². The van der Waals surface area contributed by atoms with Crippen LogP contribution in [0.5, 0.6) is 5.75 Å². The molecule has 0 bridgehead atoms. The van der Waals surface area contributed by atoms with Crippen LogP contribution in [0.2, 0.25) is 0 Å². The second kappa shape index (κ2) is 6.43. The van der Waals surface area contributed by atoms with Crippen molar-refractivity contribution in [1.29, 1.82) is 0 Å². The predicted molar refractivity (Wildman–Crippen MR) is 61.0 cm³/mol. The fraction of sp³-hybridized carbons (Fsp3) is 0.500. The quantitative estimate of drug-likeness (QED) is 0.743. The Morgan fingerprint density at radius 2 is 2.27 bits per heavy atom. The van der Waals surface area contributed by atoms with Gasteiger partial charge in [-0.2, -0.15) is 0 Å². The second-order valence-corrected chi connectivity index (χ2v) is 3.63. The van der Waals surface area contributed by atoms with E-state index in [0.717, 1.165) is 25.0 Å². The minimum atomic E-state index is -0.365. The molecule has 84 valence electrons. The van der Waals surface area contributed by atoms with Crippen LogP contribution < -0.4 is 10.5 Å². The third-order valence-corrected chi connectivity index (χ3v) is 2.41. The Morgan fingerprint density at radius 1 is 1.47 bits per heavy atom. The van der Waals surface area contributed by atoms with Crippen molar-refractivity contribution in [1.82, 2.24) is 0 Å². The van der Waals surface area contributed by atoms with Gasteiger partial charge >= 0.3 is 0 Å². The van der Waals surface area contributed by atoms with E-state index < -0.39 is 0 Å². The van der Waals surface area contributed by atoms with Gasteiger partial charge in [-0.1, -0.05) is 12.1 Å². The number of aryl methyl sites for hydroxylation is 1. The zero-order chi connectivity index (χ0) is 11.1. The average Bonchev–Trinajstić information content (AvgIpc) is 2.29. The first-order chi connectivity index (χ1) is 7.26. The lowest BCUT2D eigenvalue weighted by Crippen LogP contribution is -2.19. The molecule has 0 aliphatic rings. The van der Waals surface area contributed by atoms with Gasteiger partial charge in [0, 0.05) is 6.54 Å². The molecule has 3 N–H and O–H groups in total. The Hall–Kier alpha value is -1.06. The number of hydrogen-bond donors (Lipinski definition) is 2. The van der Waals surface area contributed by atoms with Gasteiger partial charge in [0.25, 0.3) is 0 Å². The van der Waals surface area contributed by atoms with Crippen LogP contribution in [0.3, 0.4) is 0 Å². The van der Waals surface area contributed by atoms with Crippen LogP contribution in [0, 0.1) is 0 Å². The summed E-state index contributed by atoms with van der Waals surface area (Å²) in [7, 11) is 1.66. The van der Waals surface area contributed by atoms with Crippen molar-refractivity contribution < 1.29 is 9.84 Å². The summed E-state index contributed by atoms with van der Waals surface area (Å²) in [5.74, 6) is 0.881. The van der Waals surface area contributed by atoms with Gasteiger partial charge in [0.15, 0.2) is 0 Å². The van der Waals surface area contributed by atoms with Gasteiger partial charge in [0.1, 0.15) is 5.75 Å². The van der Waals surface area contributed by atoms with E-state index in [9.17, 15) is 5.11 Å². The largest absolute Gasteiger partial charge is 0.497 e. The summed E-state index contributed by atoms with van der Waals surface area (Å²) in [5, 5.41) is 9.29. The summed E-state index contributed by atoms with van der Waals surface area (Å²) in [6, 6.07) is 8.00. The van der Waals surface area contributed by atoms with Gasteiger partial charge in [0.2, 0.25) is 0 Å². The maximum Gasteiger partial charge on any atom is 0.119 e. The molecule has 15 heavy (non-hydrogen) atoms. The van der Waals surface area contributed by atoms with Crippen LogP contribution in [0.1, 0.15) is 18.4 Å². The van der Waals surface area contributed by atoms with Crippen LogP contribution in [-0.4, -0.2) is 24.9 Å². The van der Waals surface area contributed by atoms with E-state index in [1.165, 1.54) is 5.56 Å². The molecule has 1 atom stereocenters. The van der Waals surface area contributed by atoms with Crippen molar-refractivity contribution in [2.45, 2.75) is 25.4 Å². The highest BCUT2D eigenvalue weighted by atomic mass is 16.5. The minimum Gasteiger partial charge on any atom is -0.497 e. The number of ether oxygens (including phenoxy) is 1. The van der Waals surface area contributed by atoms with Crippen molar-refractivity contribution in [3.05, 3.63) is 29.8 Å². The van der Waals surface area contributed by atoms with E-state index in [1.807, 2.05) is 18.2 Å². The molecule has 1 aromatic carbocycles. The summed E-state index contributed by atoms with van der Waals surface area (Å²) >= 11 is 0. The van der Waals surface area contributed by atoms with E-state index >= 15 is 0 Å². The highest BCUT2D eigenvalue weighted by molar-refractivity contribution is 5.28. The number of benzene rings is 1. The maximum absolute atomic E-state index is 9.29. The number of nitrogens with two attached hydrogens (primary N) is 1. The van der Waals surface area contributed by atoms with Gasteiger partial charge < -0.3 is 15.6 Å². The summed E-state index contributed by atoms with van der Waals surface area (Å²) in [4.78, 5) is 0. The first kappa shape index (κ1) is 12.0. The van der Waals surface area contributed by atoms with E-state index in [1.54, 1.807) is 7.11 Å². The Kier molecular flexibility index (Phi) is 5.15. The Labute approximate surface area is 90.9 Å². The molecule has 3 heteroatoms. The molecular weight excluding hydrogens is 190 g/mol. The molecule has 0 aromatic heterocycles. The minimum absolute atomic E-state index is 0.345. The van der Waals surface area contributed by atoms with Crippen LogP contribution in [0.15, 0.2) is 24.3 Å². The third kappa shape index (κ3) is 4.32. The zero-order valence-corrected chi connectivity index (χ0v) is 9.15. The number of hydrogen-bond acceptors (Lipinski definition) is 3. The number of rotatable bonds is 6. The summed E-state index contributed by atoms with van der Waals surface area (Å²) in [6.45, 7) is 0.345. The first-order valence-corrected chi connectivity index (χ1v) is 5.27. The molecule has 0 aliphatic carbocycles. The van der Waals surface area contributed by atoms with Gasteiger partial charge in [0.05, 0.1) is 13.2 Å². The Bertz CT molecular complexity index is 289. The van der Waals surface area contributed by atoms with Crippen molar-refractivity contribution in [2.24, 2.45) is 5.73 Å². The van der Waals surface area contributed by atoms with Crippen LogP contribution in [0.4, 0.5) is 0 Å². The fourth-order valence-electron chi connectivity index (χ4n) is 1.49. The topological polar surface area (TPSA) is 55.5 Å². The van der Waals surface area contributed by atoms with E-state index in [-0.39, 0.29) is 6.10 Å². The molecule has 1 rings (SSSR count). The summed E-state index contributed by atoms with van der Waals surface area (Å²) < 4.78 is 5.13. The van der Waals surface area contributed by atoms with Crippen molar-refractivity contribution >= 4 is 0 Å². The fourth-order valence-corrected chi connectivity index (χ4v) is 1.49. The molecule has 0 fully saturated rings. The van der Waals surface area contributed by atoms with Gasteiger partial charge in [-0.25, -0.2) is 0 Å². The SMILES string of the molecule is COc1cccc(CCCC(O)CN)c1. The molecule has 0 radical (unpaired) electrons. The first-order valence-electron chi connectivity index (χ1n) is 5.27. The third-order valence-electron chi connectivity index (χ3n) is 2.41. The number of aliphatic hydroxyl groups excluding tert-OH is 1. The lowest BCUT2D eigenvalue weighted by atomic mass is 10.1. The lowest BCUT2D eigenvalue weighted by Gasteiger charge is -2.07. The molecule has 3 nitrogen and oxygen atoms in total. The number of aliphatic hydroxyl groups is 1.